The van der Waals surface area contributed by atoms with Gasteiger partial charge in [-0.3, -0.25) is 0 Å². The third kappa shape index (κ3) is 5.33. The summed E-state index contributed by atoms with van der Waals surface area (Å²) in [6.07, 6.45) is 0.882. The van der Waals surface area contributed by atoms with E-state index in [1.807, 2.05) is 0 Å². The van der Waals surface area contributed by atoms with Gasteiger partial charge in [-0.15, -0.1) is 0 Å². The minimum atomic E-state index is -1.54. The summed E-state index contributed by atoms with van der Waals surface area (Å²) >= 11 is 5.94. The van der Waals surface area contributed by atoms with Crippen LogP contribution in [0.25, 0.3) is 0 Å². The summed E-state index contributed by atoms with van der Waals surface area (Å²) < 4.78 is 10.2. The van der Waals surface area contributed by atoms with Crippen molar-refractivity contribution in [1.82, 2.24) is 0 Å². The first kappa shape index (κ1) is 16.8. The third-order valence-electron chi connectivity index (χ3n) is 2.32. The molecular formula is C13H14ClNO6. The maximum Gasteiger partial charge on any atom is 0.344 e. The lowest BCUT2D eigenvalue weighted by atomic mass is 10.2. The molecule has 0 unspecified atom stereocenters. The monoisotopic (exact) mass is 315 g/mol. The molecule has 1 aromatic carbocycles. The van der Waals surface area contributed by atoms with Crippen LogP contribution in [0.3, 0.4) is 0 Å². The quantitative estimate of drug-likeness (QED) is 0.291. The molecule has 1 aromatic rings. The summed E-state index contributed by atoms with van der Waals surface area (Å²) in [6.45, 7) is 0.682. The predicted molar refractivity (Wildman–Crippen MR) is 75.8 cm³/mol. The first-order valence-electron chi connectivity index (χ1n) is 5.80. The average Bonchev–Trinajstić information content (AvgIpc) is 2.41. The first-order chi connectivity index (χ1) is 9.95. The largest absolute Gasteiger partial charge is 0.490 e. The molecule has 0 atom stereocenters. The van der Waals surface area contributed by atoms with Gasteiger partial charge >= 0.3 is 11.9 Å². The summed E-state index contributed by atoms with van der Waals surface area (Å²) in [6, 6.07) is 4.63. The number of nitrogens with one attached hydrogen (secondary N) is 1. The highest BCUT2D eigenvalue weighted by Gasteiger charge is 2.15. The smallest absolute Gasteiger partial charge is 0.344 e. The van der Waals surface area contributed by atoms with Crippen LogP contribution in [0.2, 0.25) is 5.02 Å². The number of carbonyl (C=O) groups is 2. The lowest BCUT2D eigenvalue weighted by molar-refractivity contribution is -0.140. The van der Waals surface area contributed by atoms with E-state index in [0.29, 0.717) is 29.7 Å². The highest BCUT2D eigenvalue weighted by molar-refractivity contribution is 6.32. The van der Waals surface area contributed by atoms with Gasteiger partial charge in [0.2, 0.25) is 0 Å². The predicted octanol–water partition coefficient (Wildman–Crippen LogP) is 1.83. The number of aliphatic carboxylic acids is 2. The Kier molecular flexibility index (Phi) is 6.51. The molecule has 114 valence electrons. The number of carboxylic acids is 2. The number of carboxylic acid groups (broad SMARTS) is 2. The van der Waals surface area contributed by atoms with Gasteiger partial charge in [-0.05, 0) is 12.1 Å². The van der Waals surface area contributed by atoms with Crippen molar-refractivity contribution in [3.8, 4) is 5.75 Å². The molecule has 8 heteroatoms. The van der Waals surface area contributed by atoms with E-state index < -0.39 is 17.5 Å². The summed E-state index contributed by atoms with van der Waals surface area (Å²) in [5.74, 6) is -2.71. The Morgan fingerprint density at radius 3 is 2.52 bits per heavy atom. The fraction of sp³-hybridized carbons (Fsp3) is 0.231. The van der Waals surface area contributed by atoms with Crippen LogP contribution < -0.4 is 10.1 Å². The number of halogens is 1. The number of ether oxygens (including phenoxy) is 2. The zero-order valence-corrected chi connectivity index (χ0v) is 11.9. The van der Waals surface area contributed by atoms with Crippen molar-refractivity contribution in [3.63, 3.8) is 0 Å². The van der Waals surface area contributed by atoms with Gasteiger partial charge in [0.1, 0.15) is 12.4 Å². The highest BCUT2D eigenvalue weighted by atomic mass is 35.5. The molecule has 7 nitrogen and oxygen atoms in total. The molecule has 0 bridgehead atoms. The Morgan fingerprint density at radius 2 is 1.95 bits per heavy atom. The number of methoxy groups -OCH3 is 1. The van der Waals surface area contributed by atoms with Gasteiger partial charge in [0.05, 0.1) is 11.6 Å². The molecular weight excluding hydrogens is 302 g/mol. The van der Waals surface area contributed by atoms with E-state index in [1.165, 1.54) is 13.2 Å². The Bertz CT molecular complexity index is 542. The van der Waals surface area contributed by atoms with E-state index >= 15 is 0 Å². The average molecular weight is 316 g/mol. The molecule has 3 N–H and O–H groups in total. The van der Waals surface area contributed by atoms with Gasteiger partial charge in [0.15, 0.2) is 5.57 Å². The molecule has 0 aliphatic heterocycles. The van der Waals surface area contributed by atoms with Gasteiger partial charge in [0, 0.05) is 25.1 Å². The maximum absolute atomic E-state index is 10.7. The standard InChI is InChI=1S/C13H14ClNO6/c1-20-4-5-21-11-6-8(2-3-10(11)14)15-7-9(12(16)17)13(18)19/h2-3,6-7,15H,4-5H2,1H3,(H,16,17)(H,18,19). The van der Waals surface area contributed by atoms with Crippen LogP contribution >= 0.6 is 11.6 Å². The molecule has 0 spiro atoms. The molecule has 0 radical (unpaired) electrons. The normalized spacial score (nSPS) is 9.81. The van der Waals surface area contributed by atoms with E-state index in [4.69, 9.17) is 31.3 Å². The van der Waals surface area contributed by atoms with Crippen molar-refractivity contribution < 1.29 is 29.3 Å². The molecule has 0 fully saturated rings. The van der Waals surface area contributed by atoms with Crippen LogP contribution in [0, 0.1) is 0 Å². The lowest BCUT2D eigenvalue weighted by Crippen LogP contribution is -2.12. The van der Waals surface area contributed by atoms with Crippen molar-refractivity contribution in [2.45, 2.75) is 0 Å². The van der Waals surface area contributed by atoms with Gasteiger partial charge in [-0.2, -0.15) is 0 Å². The third-order valence-corrected chi connectivity index (χ3v) is 2.63. The van der Waals surface area contributed by atoms with Crippen molar-refractivity contribution in [1.29, 1.82) is 0 Å². The Hall–Kier alpha value is -2.25. The van der Waals surface area contributed by atoms with E-state index in [2.05, 4.69) is 5.32 Å². The number of rotatable bonds is 8. The van der Waals surface area contributed by atoms with Crippen molar-refractivity contribution in [2.24, 2.45) is 0 Å². The molecule has 0 amide bonds. The van der Waals surface area contributed by atoms with Crippen LogP contribution in [0.1, 0.15) is 0 Å². The second-order valence-electron chi connectivity index (χ2n) is 3.80. The minimum absolute atomic E-state index is 0.297. The van der Waals surface area contributed by atoms with Crippen LogP contribution in [-0.2, 0) is 14.3 Å². The molecule has 0 saturated heterocycles. The zero-order valence-electron chi connectivity index (χ0n) is 11.1. The highest BCUT2D eigenvalue weighted by Crippen LogP contribution is 2.27. The maximum atomic E-state index is 10.7. The summed E-state index contributed by atoms with van der Waals surface area (Å²) in [5.41, 5.74) is -0.349. The topological polar surface area (TPSA) is 105 Å². The summed E-state index contributed by atoms with van der Waals surface area (Å²) in [4.78, 5) is 21.4. The second-order valence-corrected chi connectivity index (χ2v) is 4.21. The van der Waals surface area contributed by atoms with Crippen LogP contribution in [-0.4, -0.2) is 42.5 Å². The van der Waals surface area contributed by atoms with Gasteiger partial charge < -0.3 is 25.0 Å². The van der Waals surface area contributed by atoms with Crippen molar-refractivity contribution >= 4 is 29.2 Å². The summed E-state index contributed by atoms with van der Waals surface area (Å²) in [7, 11) is 1.53. The van der Waals surface area contributed by atoms with Gasteiger partial charge in [-0.25, -0.2) is 9.59 Å². The SMILES string of the molecule is COCCOc1cc(NC=C(C(=O)O)C(=O)O)ccc1Cl. The Labute approximate surface area is 125 Å². The number of hydrogen-bond acceptors (Lipinski definition) is 5. The van der Waals surface area contributed by atoms with E-state index in [9.17, 15) is 9.59 Å². The van der Waals surface area contributed by atoms with E-state index in [1.54, 1.807) is 12.1 Å². The van der Waals surface area contributed by atoms with Crippen molar-refractivity contribution in [2.75, 3.05) is 25.6 Å². The van der Waals surface area contributed by atoms with E-state index in [0.717, 1.165) is 6.20 Å². The number of anilines is 1. The van der Waals surface area contributed by atoms with Gasteiger partial charge in [-0.1, -0.05) is 11.6 Å². The lowest BCUT2D eigenvalue weighted by Gasteiger charge is -2.09. The van der Waals surface area contributed by atoms with E-state index in [-0.39, 0.29) is 0 Å². The van der Waals surface area contributed by atoms with Crippen molar-refractivity contribution in [3.05, 3.63) is 35.0 Å². The summed E-state index contributed by atoms with van der Waals surface area (Å²) in [5, 5.41) is 20.4. The van der Waals surface area contributed by atoms with Crippen LogP contribution in [0.4, 0.5) is 5.69 Å². The molecule has 0 aliphatic carbocycles. The fourth-order valence-electron chi connectivity index (χ4n) is 1.31. The molecule has 1 rings (SSSR count). The zero-order chi connectivity index (χ0) is 15.8. The Balaban J connectivity index is 2.84. The second kappa shape index (κ2) is 8.13. The molecule has 0 aromatic heterocycles. The first-order valence-corrected chi connectivity index (χ1v) is 6.18. The van der Waals surface area contributed by atoms with Crippen LogP contribution in [0.15, 0.2) is 30.0 Å². The molecule has 21 heavy (non-hydrogen) atoms. The number of hydrogen-bond donors (Lipinski definition) is 3. The molecule has 0 saturated carbocycles. The fourth-order valence-corrected chi connectivity index (χ4v) is 1.48. The van der Waals surface area contributed by atoms with Gasteiger partial charge in [0.25, 0.3) is 0 Å². The molecule has 0 aliphatic rings. The molecule has 0 heterocycles. The minimum Gasteiger partial charge on any atom is -0.490 e. The van der Waals surface area contributed by atoms with Crippen LogP contribution in [0.5, 0.6) is 5.75 Å². The Morgan fingerprint density at radius 1 is 1.29 bits per heavy atom. The number of benzene rings is 1.